The van der Waals surface area contributed by atoms with Crippen molar-refractivity contribution in [1.29, 1.82) is 0 Å². The Kier molecular flexibility index (Phi) is 8.12. The molecule has 0 heterocycles. The van der Waals surface area contributed by atoms with E-state index < -0.39 is 6.10 Å². The minimum atomic E-state index is -0.574. The zero-order chi connectivity index (χ0) is 21.2. The summed E-state index contributed by atoms with van der Waals surface area (Å²) in [6.07, 6.45) is 1.24. The first-order valence-electron chi connectivity index (χ1n) is 10.3. The molecule has 0 aromatic heterocycles. The highest BCUT2D eigenvalue weighted by Gasteiger charge is 2.14. The SMILES string of the molecule is Oc1ccc(C(CCCNCC(O)COc2ccccc2)c2ccc(O)cc2)cc1. The van der Waals surface area contributed by atoms with E-state index in [1.165, 1.54) is 0 Å². The number of phenols is 2. The first-order valence-corrected chi connectivity index (χ1v) is 10.3. The number of para-hydroxylation sites is 1. The van der Waals surface area contributed by atoms with Crippen molar-refractivity contribution in [2.24, 2.45) is 0 Å². The highest BCUT2D eigenvalue weighted by Crippen LogP contribution is 2.31. The molecule has 1 atom stereocenters. The van der Waals surface area contributed by atoms with Crippen LogP contribution in [-0.2, 0) is 0 Å². The fourth-order valence-corrected chi connectivity index (χ4v) is 3.41. The van der Waals surface area contributed by atoms with Crippen LogP contribution in [0.25, 0.3) is 0 Å². The largest absolute Gasteiger partial charge is 0.508 e. The number of aliphatic hydroxyl groups is 1. The van der Waals surface area contributed by atoms with Crippen molar-refractivity contribution in [2.45, 2.75) is 24.9 Å². The van der Waals surface area contributed by atoms with Gasteiger partial charge in [-0.1, -0.05) is 42.5 Å². The molecule has 0 spiro atoms. The number of benzene rings is 3. The summed E-state index contributed by atoms with van der Waals surface area (Å²) in [5.41, 5.74) is 2.24. The topological polar surface area (TPSA) is 82.0 Å². The Balaban J connectivity index is 1.46. The lowest BCUT2D eigenvalue weighted by atomic mass is 9.87. The maximum absolute atomic E-state index is 10.1. The number of hydrogen-bond donors (Lipinski definition) is 4. The lowest BCUT2D eigenvalue weighted by molar-refractivity contribution is 0.106. The molecule has 0 aliphatic rings. The molecule has 4 N–H and O–H groups in total. The third-order valence-electron chi connectivity index (χ3n) is 5.00. The van der Waals surface area contributed by atoms with Gasteiger partial charge in [0.05, 0.1) is 0 Å². The summed E-state index contributed by atoms with van der Waals surface area (Å²) < 4.78 is 5.57. The minimum Gasteiger partial charge on any atom is -0.508 e. The molecule has 30 heavy (non-hydrogen) atoms. The highest BCUT2D eigenvalue weighted by molar-refractivity contribution is 5.37. The van der Waals surface area contributed by atoms with Gasteiger partial charge in [-0.05, 0) is 66.9 Å². The number of nitrogens with one attached hydrogen (secondary N) is 1. The van der Waals surface area contributed by atoms with Gasteiger partial charge in [-0.15, -0.1) is 0 Å². The van der Waals surface area contributed by atoms with Crippen LogP contribution in [-0.4, -0.2) is 41.1 Å². The smallest absolute Gasteiger partial charge is 0.119 e. The summed E-state index contributed by atoms with van der Waals surface area (Å²) in [6.45, 7) is 1.49. The molecular formula is C25H29NO4. The summed E-state index contributed by atoms with van der Waals surface area (Å²) in [7, 11) is 0. The first-order chi connectivity index (χ1) is 14.6. The second-order valence-electron chi connectivity index (χ2n) is 7.36. The molecule has 0 aliphatic carbocycles. The van der Waals surface area contributed by atoms with Gasteiger partial charge in [-0.2, -0.15) is 0 Å². The Bertz CT molecular complexity index is 820. The van der Waals surface area contributed by atoms with E-state index >= 15 is 0 Å². The van der Waals surface area contributed by atoms with Crippen LogP contribution < -0.4 is 10.1 Å². The highest BCUT2D eigenvalue weighted by atomic mass is 16.5. The molecule has 0 fully saturated rings. The first kappa shape index (κ1) is 21.7. The molecule has 158 valence electrons. The molecule has 0 saturated carbocycles. The van der Waals surface area contributed by atoms with E-state index in [1.807, 2.05) is 54.6 Å². The van der Waals surface area contributed by atoms with Crippen LogP contribution in [0.5, 0.6) is 17.2 Å². The maximum atomic E-state index is 10.1. The van der Waals surface area contributed by atoms with Gasteiger partial charge in [0.25, 0.3) is 0 Å². The van der Waals surface area contributed by atoms with Crippen molar-refractivity contribution in [3.05, 3.63) is 90.0 Å². The van der Waals surface area contributed by atoms with Crippen molar-refractivity contribution >= 4 is 0 Å². The molecule has 0 radical (unpaired) electrons. The van der Waals surface area contributed by atoms with E-state index in [4.69, 9.17) is 4.74 Å². The second-order valence-corrected chi connectivity index (χ2v) is 7.36. The maximum Gasteiger partial charge on any atom is 0.119 e. The van der Waals surface area contributed by atoms with Crippen LogP contribution in [0.4, 0.5) is 0 Å². The van der Waals surface area contributed by atoms with Gasteiger partial charge in [0, 0.05) is 12.5 Å². The Morgan fingerprint density at radius 2 is 1.33 bits per heavy atom. The number of hydrogen-bond acceptors (Lipinski definition) is 5. The Morgan fingerprint density at radius 1 is 0.767 bits per heavy atom. The molecule has 1 unspecified atom stereocenters. The van der Waals surface area contributed by atoms with E-state index in [9.17, 15) is 15.3 Å². The summed E-state index contributed by atoms with van der Waals surface area (Å²) >= 11 is 0. The van der Waals surface area contributed by atoms with Crippen LogP contribution in [0.3, 0.4) is 0 Å². The molecule has 0 amide bonds. The number of phenolic OH excluding ortho intramolecular Hbond substituents is 2. The average Bonchev–Trinajstić information content (AvgIpc) is 2.77. The van der Waals surface area contributed by atoms with Crippen molar-refractivity contribution in [1.82, 2.24) is 5.32 Å². The number of rotatable bonds is 11. The molecule has 5 heteroatoms. The Hall–Kier alpha value is -3.02. The monoisotopic (exact) mass is 407 g/mol. The molecule has 3 aromatic rings. The molecule has 0 bridgehead atoms. The molecule has 0 aliphatic heterocycles. The van der Waals surface area contributed by atoms with Crippen molar-refractivity contribution in [3.8, 4) is 17.2 Å². The average molecular weight is 408 g/mol. The normalized spacial score (nSPS) is 12.1. The van der Waals surface area contributed by atoms with Gasteiger partial charge in [0.1, 0.15) is 30.0 Å². The second kappa shape index (κ2) is 11.2. The van der Waals surface area contributed by atoms with Crippen molar-refractivity contribution in [2.75, 3.05) is 19.7 Å². The van der Waals surface area contributed by atoms with Crippen LogP contribution in [0.1, 0.15) is 29.9 Å². The van der Waals surface area contributed by atoms with Gasteiger partial charge >= 0.3 is 0 Å². The Morgan fingerprint density at radius 3 is 1.90 bits per heavy atom. The Labute approximate surface area is 177 Å². The quantitative estimate of drug-likeness (QED) is 0.361. The summed E-state index contributed by atoms with van der Waals surface area (Å²) in [4.78, 5) is 0. The van der Waals surface area contributed by atoms with Crippen LogP contribution in [0, 0.1) is 0 Å². The predicted molar refractivity (Wildman–Crippen MR) is 118 cm³/mol. The van der Waals surface area contributed by atoms with Gasteiger partial charge in [-0.3, -0.25) is 0 Å². The molecule has 3 aromatic carbocycles. The third kappa shape index (κ3) is 6.79. The summed E-state index contributed by atoms with van der Waals surface area (Å²) in [6, 6.07) is 24.0. The minimum absolute atomic E-state index is 0.166. The molecule has 0 saturated heterocycles. The van der Waals surface area contributed by atoms with E-state index in [-0.39, 0.29) is 24.0 Å². The third-order valence-corrected chi connectivity index (χ3v) is 5.00. The van der Waals surface area contributed by atoms with E-state index in [0.29, 0.717) is 6.54 Å². The number of aromatic hydroxyl groups is 2. The molecule has 3 rings (SSSR count). The zero-order valence-corrected chi connectivity index (χ0v) is 16.9. The fourth-order valence-electron chi connectivity index (χ4n) is 3.41. The van der Waals surface area contributed by atoms with Crippen LogP contribution in [0.15, 0.2) is 78.9 Å². The van der Waals surface area contributed by atoms with Gasteiger partial charge < -0.3 is 25.4 Å². The zero-order valence-electron chi connectivity index (χ0n) is 16.9. The van der Waals surface area contributed by atoms with Crippen molar-refractivity contribution in [3.63, 3.8) is 0 Å². The summed E-state index contributed by atoms with van der Waals surface area (Å²) in [5.74, 6) is 1.41. The molecule has 5 nitrogen and oxygen atoms in total. The van der Waals surface area contributed by atoms with E-state index in [1.54, 1.807) is 24.3 Å². The van der Waals surface area contributed by atoms with Crippen LogP contribution in [0.2, 0.25) is 0 Å². The van der Waals surface area contributed by atoms with Gasteiger partial charge in [-0.25, -0.2) is 0 Å². The summed E-state index contributed by atoms with van der Waals surface area (Å²) in [5, 5.41) is 32.5. The van der Waals surface area contributed by atoms with Gasteiger partial charge in [0.15, 0.2) is 0 Å². The lowest BCUT2D eigenvalue weighted by Gasteiger charge is -2.19. The lowest BCUT2D eigenvalue weighted by Crippen LogP contribution is -2.32. The predicted octanol–water partition coefficient (Wildman–Crippen LogP) is 4.04. The fraction of sp³-hybridized carbons (Fsp3) is 0.280. The van der Waals surface area contributed by atoms with Gasteiger partial charge in [0.2, 0.25) is 0 Å². The number of ether oxygens (including phenoxy) is 1. The standard InChI is InChI=1S/C25H29NO4/c27-21-12-8-19(9-13-21)25(20-10-14-22(28)15-11-20)7-4-16-26-17-23(29)18-30-24-5-2-1-3-6-24/h1-3,5-6,8-15,23,25-29H,4,7,16-18H2. The molecular weight excluding hydrogens is 378 g/mol. The number of aliphatic hydroxyl groups excluding tert-OH is 1. The van der Waals surface area contributed by atoms with E-state index in [0.717, 1.165) is 36.3 Å². The van der Waals surface area contributed by atoms with E-state index in [2.05, 4.69) is 5.32 Å². The van der Waals surface area contributed by atoms with Crippen LogP contribution >= 0.6 is 0 Å². The van der Waals surface area contributed by atoms with Crippen molar-refractivity contribution < 1.29 is 20.1 Å².